The maximum absolute atomic E-state index is 13.6. The molecule has 1 aromatic carbocycles. The number of rotatable bonds is 4. The van der Waals surface area contributed by atoms with Crippen LogP contribution in [0.1, 0.15) is 5.56 Å². The Kier molecular flexibility index (Phi) is 3.93. The van der Waals surface area contributed by atoms with Gasteiger partial charge in [-0.15, -0.1) is 0 Å². The number of halogens is 3. The predicted octanol–water partition coefficient (Wildman–Crippen LogP) is 2.37. The van der Waals surface area contributed by atoms with Crippen LogP contribution in [0, 0.1) is 0 Å². The summed E-state index contributed by atoms with van der Waals surface area (Å²) in [6.07, 6.45) is 0. The number of likely N-dealkylation sites (N-methyl/N-ethyl adjacent to an activating group) is 1. The second-order valence-corrected chi connectivity index (χ2v) is 3.65. The Balaban J connectivity index is 3.22. The molecule has 0 aliphatic carbocycles. The number of phenols is 1. The molecule has 0 amide bonds. The third-order valence-corrected chi connectivity index (χ3v) is 2.37. The SMILES string of the molecule is CNCC(F)(F)c1cc(OC)c(O)cc1Cl. The van der Waals surface area contributed by atoms with Crippen LogP contribution in [0.15, 0.2) is 12.1 Å². The minimum Gasteiger partial charge on any atom is -0.504 e. The molecule has 0 unspecified atom stereocenters. The highest BCUT2D eigenvalue weighted by Gasteiger charge is 2.34. The Morgan fingerprint density at radius 1 is 1.50 bits per heavy atom. The summed E-state index contributed by atoms with van der Waals surface area (Å²) in [5, 5.41) is 11.5. The normalized spacial score (nSPS) is 11.6. The topological polar surface area (TPSA) is 41.5 Å². The number of nitrogens with one attached hydrogen (secondary N) is 1. The zero-order chi connectivity index (χ0) is 12.3. The second kappa shape index (κ2) is 4.84. The van der Waals surface area contributed by atoms with Crippen LogP contribution in [0.25, 0.3) is 0 Å². The van der Waals surface area contributed by atoms with E-state index in [1.807, 2.05) is 0 Å². The zero-order valence-corrected chi connectivity index (χ0v) is 9.61. The number of phenolic OH excluding ortho intramolecular Hbond substituents is 1. The van der Waals surface area contributed by atoms with Gasteiger partial charge in [-0.1, -0.05) is 11.6 Å². The van der Waals surface area contributed by atoms with Gasteiger partial charge in [0.1, 0.15) is 0 Å². The van der Waals surface area contributed by atoms with E-state index in [1.165, 1.54) is 14.2 Å². The summed E-state index contributed by atoms with van der Waals surface area (Å²) < 4.78 is 31.9. The molecule has 2 N–H and O–H groups in total. The molecule has 6 heteroatoms. The molecule has 16 heavy (non-hydrogen) atoms. The van der Waals surface area contributed by atoms with Gasteiger partial charge in [0.2, 0.25) is 0 Å². The minimum absolute atomic E-state index is 0.0322. The molecule has 0 heterocycles. The molecular weight excluding hydrogens is 240 g/mol. The molecule has 0 saturated carbocycles. The van der Waals surface area contributed by atoms with Crippen LogP contribution in [0.4, 0.5) is 8.78 Å². The van der Waals surface area contributed by atoms with Crippen molar-refractivity contribution in [1.29, 1.82) is 0 Å². The van der Waals surface area contributed by atoms with Gasteiger partial charge in [0.25, 0.3) is 5.92 Å². The van der Waals surface area contributed by atoms with E-state index in [0.29, 0.717) is 0 Å². The first-order valence-electron chi connectivity index (χ1n) is 4.51. The van der Waals surface area contributed by atoms with E-state index in [9.17, 15) is 13.9 Å². The zero-order valence-electron chi connectivity index (χ0n) is 8.85. The maximum Gasteiger partial charge on any atom is 0.286 e. The van der Waals surface area contributed by atoms with Gasteiger partial charge in [-0.05, 0) is 13.1 Å². The molecule has 0 fully saturated rings. The number of hydrogen-bond acceptors (Lipinski definition) is 3. The quantitative estimate of drug-likeness (QED) is 0.863. The molecule has 1 rings (SSSR count). The van der Waals surface area contributed by atoms with Crippen LogP contribution in [0.3, 0.4) is 0 Å². The third-order valence-electron chi connectivity index (χ3n) is 2.06. The largest absolute Gasteiger partial charge is 0.504 e. The van der Waals surface area contributed by atoms with Crippen molar-refractivity contribution in [3.05, 3.63) is 22.7 Å². The highest BCUT2D eigenvalue weighted by atomic mass is 35.5. The number of aromatic hydroxyl groups is 1. The predicted molar refractivity (Wildman–Crippen MR) is 57.5 cm³/mol. The molecule has 3 nitrogen and oxygen atoms in total. The lowest BCUT2D eigenvalue weighted by atomic mass is 10.1. The first-order valence-corrected chi connectivity index (χ1v) is 4.89. The summed E-state index contributed by atoms with van der Waals surface area (Å²) in [7, 11) is 2.70. The van der Waals surface area contributed by atoms with Crippen LogP contribution >= 0.6 is 11.6 Å². The lowest BCUT2D eigenvalue weighted by Gasteiger charge is -2.18. The van der Waals surface area contributed by atoms with Crippen LogP contribution in [0.5, 0.6) is 11.5 Å². The van der Waals surface area contributed by atoms with E-state index in [-0.39, 0.29) is 22.1 Å². The Hall–Kier alpha value is -1.07. The van der Waals surface area contributed by atoms with Gasteiger partial charge in [0.15, 0.2) is 11.5 Å². The summed E-state index contributed by atoms with van der Waals surface area (Å²) in [6, 6.07) is 2.08. The molecule has 0 aliphatic heterocycles. The van der Waals surface area contributed by atoms with E-state index in [1.54, 1.807) is 0 Å². The number of hydrogen-bond donors (Lipinski definition) is 2. The molecule has 0 aromatic heterocycles. The van der Waals surface area contributed by atoms with Crippen molar-refractivity contribution in [1.82, 2.24) is 5.32 Å². The second-order valence-electron chi connectivity index (χ2n) is 3.24. The highest BCUT2D eigenvalue weighted by molar-refractivity contribution is 6.31. The van der Waals surface area contributed by atoms with E-state index < -0.39 is 12.5 Å². The van der Waals surface area contributed by atoms with Crippen molar-refractivity contribution in [2.75, 3.05) is 20.7 Å². The van der Waals surface area contributed by atoms with Crippen LogP contribution in [0.2, 0.25) is 5.02 Å². The standard InChI is InChI=1S/C10H12ClF2NO2/c1-14-5-10(12,13)6-3-9(16-2)8(15)4-7(6)11/h3-4,14-15H,5H2,1-2H3. The average molecular weight is 252 g/mol. The van der Waals surface area contributed by atoms with Gasteiger partial charge in [-0.25, -0.2) is 0 Å². The van der Waals surface area contributed by atoms with E-state index in [0.717, 1.165) is 12.1 Å². The Labute approximate surface area is 97.0 Å². The smallest absolute Gasteiger partial charge is 0.286 e. The first kappa shape index (κ1) is 13.0. The fourth-order valence-corrected chi connectivity index (χ4v) is 1.60. The lowest BCUT2D eigenvalue weighted by Crippen LogP contribution is -2.28. The van der Waals surface area contributed by atoms with Gasteiger partial charge >= 0.3 is 0 Å². The van der Waals surface area contributed by atoms with Gasteiger partial charge in [0.05, 0.1) is 18.7 Å². The molecule has 0 atom stereocenters. The highest BCUT2D eigenvalue weighted by Crippen LogP contribution is 2.39. The van der Waals surface area contributed by atoms with Crippen molar-refractivity contribution in [3.63, 3.8) is 0 Å². The number of benzene rings is 1. The van der Waals surface area contributed by atoms with Crippen molar-refractivity contribution >= 4 is 11.6 Å². The summed E-state index contributed by atoms with van der Waals surface area (Å²) in [5.74, 6) is -3.42. The molecule has 0 saturated heterocycles. The lowest BCUT2D eigenvalue weighted by molar-refractivity contribution is -0.00136. The molecular formula is C10H12ClF2NO2. The maximum atomic E-state index is 13.6. The van der Waals surface area contributed by atoms with Gasteiger partial charge in [-0.3, -0.25) is 0 Å². The van der Waals surface area contributed by atoms with Gasteiger partial charge in [-0.2, -0.15) is 8.78 Å². The van der Waals surface area contributed by atoms with Crippen molar-refractivity contribution in [2.45, 2.75) is 5.92 Å². The van der Waals surface area contributed by atoms with Crippen LogP contribution in [-0.4, -0.2) is 25.8 Å². The first-order chi connectivity index (χ1) is 7.42. The minimum atomic E-state index is -3.12. The van der Waals surface area contributed by atoms with Crippen molar-refractivity contribution in [2.24, 2.45) is 0 Å². The van der Waals surface area contributed by atoms with Crippen molar-refractivity contribution in [3.8, 4) is 11.5 Å². The van der Waals surface area contributed by atoms with Crippen LogP contribution in [-0.2, 0) is 5.92 Å². The van der Waals surface area contributed by atoms with Gasteiger partial charge < -0.3 is 15.2 Å². The number of ether oxygens (including phenoxy) is 1. The molecule has 0 aliphatic rings. The molecule has 0 radical (unpaired) electrons. The van der Waals surface area contributed by atoms with E-state index in [2.05, 4.69) is 5.32 Å². The molecule has 1 aromatic rings. The van der Waals surface area contributed by atoms with Gasteiger partial charge in [0, 0.05) is 11.6 Å². The summed E-state index contributed by atoms with van der Waals surface area (Å²) in [6.45, 7) is -0.541. The number of methoxy groups -OCH3 is 1. The fourth-order valence-electron chi connectivity index (χ4n) is 1.30. The monoisotopic (exact) mass is 251 g/mol. The average Bonchev–Trinajstić information content (AvgIpc) is 2.17. The Morgan fingerprint density at radius 2 is 2.12 bits per heavy atom. The third kappa shape index (κ3) is 2.54. The van der Waals surface area contributed by atoms with Crippen molar-refractivity contribution < 1.29 is 18.6 Å². The molecule has 0 bridgehead atoms. The summed E-state index contributed by atoms with van der Waals surface area (Å²) >= 11 is 5.66. The fraction of sp³-hybridized carbons (Fsp3) is 0.400. The van der Waals surface area contributed by atoms with E-state index >= 15 is 0 Å². The number of alkyl halides is 2. The Bertz CT molecular complexity index is 385. The molecule has 90 valence electrons. The summed E-state index contributed by atoms with van der Waals surface area (Å²) in [5.41, 5.74) is -0.377. The van der Waals surface area contributed by atoms with Crippen LogP contribution < -0.4 is 10.1 Å². The van der Waals surface area contributed by atoms with E-state index in [4.69, 9.17) is 16.3 Å². The Morgan fingerprint density at radius 3 is 2.62 bits per heavy atom. The summed E-state index contributed by atoms with van der Waals surface area (Å²) in [4.78, 5) is 0. The molecule has 0 spiro atoms.